The second-order valence-corrected chi connectivity index (χ2v) is 14.4. The van der Waals surface area contributed by atoms with Crippen LogP contribution in [0.15, 0.2) is 122 Å². The van der Waals surface area contributed by atoms with E-state index in [1.807, 2.05) is 0 Å². The summed E-state index contributed by atoms with van der Waals surface area (Å²) in [6, 6.07) is 19.7. The molecular formula is C50H52O16. The van der Waals surface area contributed by atoms with Crippen LogP contribution in [0.1, 0.15) is 59.7 Å². The number of rotatable bonds is 27. The van der Waals surface area contributed by atoms with E-state index in [2.05, 4.69) is 13.2 Å². The maximum Gasteiger partial charge on any atom is 0.343 e. The standard InChI is InChI=1S/C50H52O16/c1-6-9-40(66-49(57)39-14-12-37-33-42(18-16-35(37)31-39)65-47(55)22-20-45(53)62-28-27-60-43(51)7-2)10-8-23-50(3,63-29-25-59-5)48(56)38-13-11-36-32-41(17-15-34(36)30-38)64-46(54)21-19-44(52)61-26-24-58-4/h6-18,30-33H,1-2,19-29H2,3-5H3/b10-8-,40-9+. The summed E-state index contributed by atoms with van der Waals surface area (Å²) in [7, 11) is 3.00. The van der Waals surface area contributed by atoms with Crippen molar-refractivity contribution in [2.45, 2.75) is 44.6 Å². The molecule has 0 heterocycles. The molecule has 0 radical (unpaired) electrons. The van der Waals surface area contributed by atoms with Crippen molar-refractivity contribution in [2.75, 3.05) is 53.9 Å². The van der Waals surface area contributed by atoms with Gasteiger partial charge in [0.2, 0.25) is 0 Å². The van der Waals surface area contributed by atoms with Crippen LogP contribution in [0, 0.1) is 0 Å². The molecule has 4 rings (SSSR count). The fourth-order valence-corrected chi connectivity index (χ4v) is 6.03. The molecule has 1 atom stereocenters. The summed E-state index contributed by atoms with van der Waals surface area (Å²) in [5.41, 5.74) is -0.773. The number of ether oxygens (including phenoxy) is 9. The summed E-state index contributed by atoms with van der Waals surface area (Å²) < 4.78 is 47.2. The van der Waals surface area contributed by atoms with E-state index < -0.39 is 41.4 Å². The Kier molecular flexibility index (Phi) is 20.6. The molecule has 0 N–H and O–H groups in total. The van der Waals surface area contributed by atoms with Crippen LogP contribution in [0.4, 0.5) is 0 Å². The summed E-state index contributed by atoms with van der Waals surface area (Å²) in [5.74, 6) is -3.43. The number of esters is 6. The van der Waals surface area contributed by atoms with Crippen molar-refractivity contribution in [3.05, 3.63) is 133 Å². The number of hydrogen-bond donors (Lipinski definition) is 0. The molecule has 0 aliphatic rings. The monoisotopic (exact) mass is 908 g/mol. The number of benzene rings is 4. The first-order chi connectivity index (χ1) is 31.8. The molecule has 1 unspecified atom stereocenters. The molecule has 4 aromatic carbocycles. The molecule has 0 saturated heterocycles. The SMILES string of the molecule is C=C/C=C(\C=C/CC(C)(OCCOC)C(=O)c1ccc2cc(OC(=O)CCC(=O)OCCOC)ccc2c1)OC(=O)c1ccc2cc(OC(=O)CCC(=O)OCCOC(=O)C=C)ccc2c1. The normalized spacial score (nSPS) is 12.2. The molecule has 66 heavy (non-hydrogen) atoms. The van der Waals surface area contributed by atoms with E-state index in [0.717, 1.165) is 6.08 Å². The Morgan fingerprint density at radius 2 is 1.06 bits per heavy atom. The van der Waals surface area contributed by atoms with E-state index in [1.54, 1.807) is 91.9 Å². The predicted octanol–water partition coefficient (Wildman–Crippen LogP) is 7.30. The van der Waals surface area contributed by atoms with Crippen molar-refractivity contribution in [2.24, 2.45) is 0 Å². The first-order valence-corrected chi connectivity index (χ1v) is 20.7. The van der Waals surface area contributed by atoms with Crippen molar-refractivity contribution in [1.82, 2.24) is 0 Å². The van der Waals surface area contributed by atoms with Crippen molar-refractivity contribution >= 4 is 63.1 Å². The predicted molar refractivity (Wildman–Crippen MR) is 241 cm³/mol. The van der Waals surface area contributed by atoms with E-state index in [9.17, 15) is 33.6 Å². The quantitative estimate of drug-likeness (QED) is 0.00842. The van der Waals surface area contributed by atoms with E-state index in [1.165, 1.54) is 26.4 Å². The van der Waals surface area contributed by atoms with Crippen LogP contribution in [0.5, 0.6) is 11.5 Å². The van der Waals surface area contributed by atoms with Crippen LogP contribution in [0.2, 0.25) is 0 Å². The molecule has 0 bridgehead atoms. The summed E-state index contributed by atoms with van der Waals surface area (Å²) in [4.78, 5) is 87.0. The second-order valence-electron chi connectivity index (χ2n) is 14.4. The van der Waals surface area contributed by atoms with Crippen molar-refractivity contribution in [1.29, 1.82) is 0 Å². The Morgan fingerprint density at radius 1 is 0.576 bits per heavy atom. The molecule has 4 aromatic rings. The highest BCUT2D eigenvalue weighted by molar-refractivity contribution is 6.05. The minimum atomic E-state index is -1.37. The number of methoxy groups -OCH3 is 2. The van der Waals surface area contributed by atoms with Crippen molar-refractivity contribution in [3.63, 3.8) is 0 Å². The highest BCUT2D eigenvalue weighted by Crippen LogP contribution is 2.28. The Morgan fingerprint density at radius 3 is 1.62 bits per heavy atom. The molecule has 0 saturated carbocycles. The van der Waals surface area contributed by atoms with E-state index >= 15 is 0 Å². The van der Waals surface area contributed by atoms with Gasteiger partial charge in [-0.05, 0) is 83.1 Å². The summed E-state index contributed by atoms with van der Waals surface area (Å²) in [5, 5.41) is 2.72. The molecule has 16 nitrogen and oxygen atoms in total. The van der Waals surface area contributed by atoms with Gasteiger partial charge >= 0.3 is 35.8 Å². The average molecular weight is 909 g/mol. The highest BCUT2D eigenvalue weighted by atomic mass is 16.6. The fourth-order valence-electron chi connectivity index (χ4n) is 6.03. The lowest BCUT2D eigenvalue weighted by Crippen LogP contribution is -2.39. The molecular weight excluding hydrogens is 857 g/mol. The van der Waals surface area contributed by atoms with Gasteiger partial charge in [0.15, 0.2) is 5.78 Å². The van der Waals surface area contributed by atoms with Crippen molar-refractivity contribution < 1.29 is 76.2 Å². The second kappa shape index (κ2) is 26.5. The lowest BCUT2D eigenvalue weighted by Gasteiger charge is -2.27. The number of Topliss-reactive ketones (excluding diaryl/α,β-unsaturated/α-hetero) is 1. The third-order valence-corrected chi connectivity index (χ3v) is 9.43. The lowest BCUT2D eigenvalue weighted by molar-refractivity contribution is -0.151. The maximum absolute atomic E-state index is 14.1. The van der Waals surface area contributed by atoms with Gasteiger partial charge in [-0.2, -0.15) is 0 Å². The van der Waals surface area contributed by atoms with E-state index in [4.69, 9.17) is 42.6 Å². The smallest absolute Gasteiger partial charge is 0.343 e. The number of fused-ring (bicyclic) bond motifs is 2. The van der Waals surface area contributed by atoms with Crippen LogP contribution in [0.3, 0.4) is 0 Å². The van der Waals surface area contributed by atoms with Gasteiger partial charge in [-0.1, -0.05) is 55.6 Å². The van der Waals surface area contributed by atoms with Gasteiger partial charge in [-0.3, -0.25) is 24.0 Å². The molecule has 0 spiro atoms. The number of hydrogen-bond acceptors (Lipinski definition) is 16. The lowest BCUT2D eigenvalue weighted by atomic mass is 9.90. The Hall–Kier alpha value is -7.27. The number of carbonyl (C=O) groups excluding carboxylic acids is 7. The molecule has 0 aliphatic carbocycles. The number of allylic oxidation sites excluding steroid dienone is 3. The highest BCUT2D eigenvalue weighted by Gasteiger charge is 2.34. The average Bonchev–Trinajstić information content (AvgIpc) is 3.31. The largest absolute Gasteiger partial charge is 0.463 e. The first kappa shape index (κ1) is 51.4. The molecule has 348 valence electrons. The van der Waals surface area contributed by atoms with E-state index in [0.29, 0.717) is 27.1 Å². The van der Waals surface area contributed by atoms with Crippen LogP contribution >= 0.6 is 0 Å². The minimum absolute atomic E-state index is 0.0798. The van der Waals surface area contributed by atoms with Gasteiger partial charge in [0.05, 0.1) is 51.1 Å². The van der Waals surface area contributed by atoms with Crippen LogP contribution < -0.4 is 9.47 Å². The van der Waals surface area contributed by atoms with Crippen LogP contribution in [-0.2, 0) is 57.1 Å². The Bertz CT molecular complexity index is 2470. The zero-order chi connectivity index (χ0) is 47.9. The van der Waals surface area contributed by atoms with Crippen LogP contribution in [-0.4, -0.2) is 101 Å². The molecule has 16 heteroatoms. The van der Waals surface area contributed by atoms with Gasteiger partial charge < -0.3 is 42.6 Å². The molecule has 0 aromatic heterocycles. The van der Waals surface area contributed by atoms with Crippen molar-refractivity contribution in [3.8, 4) is 11.5 Å². The van der Waals surface area contributed by atoms with Gasteiger partial charge in [0.1, 0.15) is 42.7 Å². The zero-order valence-electron chi connectivity index (χ0n) is 37.0. The van der Waals surface area contributed by atoms with Crippen LogP contribution in [0.25, 0.3) is 21.5 Å². The fraction of sp³-hybridized carbons (Fsp3) is 0.300. The third-order valence-electron chi connectivity index (χ3n) is 9.43. The first-order valence-electron chi connectivity index (χ1n) is 20.7. The number of carbonyl (C=O) groups is 7. The molecule has 0 amide bonds. The van der Waals surface area contributed by atoms with E-state index in [-0.39, 0.29) is 100 Å². The van der Waals surface area contributed by atoms with Gasteiger partial charge in [0.25, 0.3) is 0 Å². The van der Waals surface area contributed by atoms with Gasteiger partial charge in [0, 0.05) is 32.3 Å². The third kappa shape index (κ3) is 16.7. The zero-order valence-corrected chi connectivity index (χ0v) is 37.0. The topological polar surface area (TPSA) is 203 Å². The summed E-state index contributed by atoms with van der Waals surface area (Å²) in [6.07, 6.45) is 6.44. The van der Waals surface area contributed by atoms with Gasteiger partial charge in [-0.25, -0.2) is 9.59 Å². The summed E-state index contributed by atoms with van der Waals surface area (Å²) in [6.45, 7) is 9.05. The summed E-state index contributed by atoms with van der Waals surface area (Å²) >= 11 is 0. The maximum atomic E-state index is 14.1. The van der Waals surface area contributed by atoms with Gasteiger partial charge in [-0.15, -0.1) is 0 Å². The molecule has 0 aliphatic heterocycles. The Balaban J connectivity index is 1.36. The minimum Gasteiger partial charge on any atom is -0.463 e. The molecule has 0 fully saturated rings. The Labute approximate surface area is 381 Å². The number of ketones is 1.